The summed E-state index contributed by atoms with van der Waals surface area (Å²) >= 11 is 0. The molecule has 2 aliphatic rings. The van der Waals surface area contributed by atoms with Gasteiger partial charge in [-0.15, -0.1) is 0 Å². The van der Waals surface area contributed by atoms with E-state index in [-0.39, 0.29) is 5.88 Å². The van der Waals surface area contributed by atoms with E-state index in [1.807, 2.05) is 7.05 Å². The number of hydrogen-bond acceptors (Lipinski definition) is 3. The summed E-state index contributed by atoms with van der Waals surface area (Å²) < 4.78 is 43.7. The second-order valence-corrected chi connectivity index (χ2v) is 5.34. The molecule has 2 heterocycles. The molecule has 1 saturated heterocycles. The third-order valence-electron chi connectivity index (χ3n) is 4.10. The number of hydrogen-bond donors (Lipinski definition) is 0. The number of halogens is 3. The standard InChI is InChI=1S/C14H15F3N2O/c1-19-7-9-3-10(19)5-11(9)8-4-12(14(15,16)17)13(20-2)18-6-8/h4-6,9-10H,3,7H2,1-2H3. The quantitative estimate of drug-likeness (QED) is 0.835. The van der Waals surface area contributed by atoms with Crippen LogP contribution >= 0.6 is 0 Å². The number of methoxy groups -OCH3 is 1. The van der Waals surface area contributed by atoms with Crippen LogP contribution in [-0.2, 0) is 6.18 Å². The van der Waals surface area contributed by atoms with E-state index in [1.165, 1.54) is 13.3 Å². The molecule has 0 saturated carbocycles. The van der Waals surface area contributed by atoms with Crippen LogP contribution in [0.1, 0.15) is 17.5 Å². The van der Waals surface area contributed by atoms with Crippen molar-refractivity contribution in [1.82, 2.24) is 9.88 Å². The molecule has 0 amide bonds. The zero-order valence-electron chi connectivity index (χ0n) is 11.2. The number of alkyl halides is 3. The van der Waals surface area contributed by atoms with Gasteiger partial charge in [0.2, 0.25) is 5.88 Å². The largest absolute Gasteiger partial charge is 0.481 e. The summed E-state index contributed by atoms with van der Waals surface area (Å²) in [6.07, 6.45) is 0.0565. The van der Waals surface area contributed by atoms with Gasteiger partial charge in [0.25, 0.3) is 0 Å². The first-order chi connectivity index (χ1) is 9.40. The van der Waals surface area contributed by atoms with Crippen molar-refractivity contribution in [2.24, 2.45) is 5.92 Å². The summed E-state index contributed by atoms with van der Waals surface area (Å²) in [7, 11) is 3.23. The monoisotopic (exact) mass is 284 g/mol. The van der Waals surface area contributed by atoms with Gasteiger partial charge in [-0.1, -0.05) is 6.08 Å². The smallest absolute Gasteiger partial charge is 0.421 e. The lowest BCUT2D eigenvalue weighted by atomic mass is 9.95. The molecule has 1 aliphatic carbocycles. The highest BCUT2D eigenvalue weighted by molar-refractivity contribution is 5.72. The van der Waals surface area contributed by atoms with Gasteiger partial charge in [-0.25, -0.2) is 4.98 Å². The molecule has 1 aromatic rings. The molecule has 1 aliphatic heterocycles. The summed E-state index contributed by atoms with van der Waals surface area (Å²) in [5, 5.41) is 0. The molecule has 3 rings (SSSR count). The zero-order valence-corrected chi connectivity index (χ0v) is 11.2. The minimum Gasteiger partial charge on any atom is -0.481 e. The lowest BCUT2D eigenvalue weighted by molar-refractivity contribution is -0.139. The first kappa shape index (κ1) is 13.4. The molecule has 2 unspecified atom stereocenters. The van der Waals surface area contributed by atoms with Gasteiger partial charge in [0.15, 0.2) is 0 Å². The van der Waals surface area contributed by atoms with Crippen LogP contribution in [-0.4, -0.2) is 36.6 Å². The van der Waals surface area contributed by atoms with Gasteiger partial charge in [0.1, 0.15) is 5.56 Å². The van der Waals surface area contributed by atoms with Crippen molar-refractivity contribution < 1.29 is 17.9 Å². The third-order valence-corrected chi connectivity index (χ3v) is 4.10. The lowest BCUT2D eigenvalue weighted by Gasteiger charge is -2.22. The van der Waals surface area contributed by atoms with Gasteiger partial charge in [-0.2, -0.15) is 13.2 Å². The fourth-order valence-electron chi connectivity index (χ4n) is 3.10. The van der Waals surface area contributed by atoms with Gasteiger partial charge in [0.05, 0.1) is 7.11 Å². The highest BCUT2D eigenvalue weighted by Gasteiger charge is 2.39. The number of ether oxygens (including phenoxy) is 1. The van der Waals surface area contributed by atoms with E-state index in [2.05, 4.69) is 16.0 Å². The van der Waals surface area contributed by atoms with Crippen LogP contribution in [0.4, 0.5) is 13.2 Å². The van der Waals surface area contributed by atoms with E-state index in [9.17, 15) is 13.2 Å². The molecule has 0 N–H and O–H groups in total. The van der Waals surface area contributed by atoms with Crippen molar-refractivity contribution in [2.75, 3.05) is 20.7 Å². The van der Waals surface area contributed by atoms with Gasteiger partial charge in [-0.3, -0.25) is 4.90 Å². The Hall–Kier alpha value is -1.56. The fraction of sp³-hybridized carbons (Fsp3) is 0.500. The van der Waals surface area contributed by atoms with Crippen molar-refractivity contribution in [3.05, 3.63) is 29.5 Å². The Morgan fingerprint density at radius 2 is 2.15 bits per heavy atom. The first-order valence-corrected chi connectivity index (χ1v) is 6.43. The molecule has 2 atom stereocenters. The second-order valence-electron chi connectivity index (χ2n) is 5.34. The molecule has 20 heavy (non-hydrogen) atoms. The van der Waals surface area contributed by atoms with Crippen molar-refractivity contribution in [1.29, 1.82) is 0 Å². The molecule has 6 heteroatoms. The van der Waals surface area contributed by atoms with E-state index in [1.54, 1.807) is 0 Å². The highest BCUT2D eigenvalue weighted by Crippen LogP contribution is 2.43. The molecular weight excluding hydrogens is 269 g/mol. The maximum Gasteiger partial charge on any atom is 0.421 e. The predicted octanol–water partition coefficient (Wildman–Crippen LogP) is 2.83. The van der Waals surface area contributed by atoms with E-state index >= 15 is 0 Å². The number of fused-ring (bicyclic) bond motifs is 2. The van der Waals surface area contributed by atoms with Crippen molar-refractivity contribution >= 4 is 5.57 Å². The normalized spacial score (nSPS) is 25.9. The Morgan fingerprint density at radius 3 is 2.65 bits per heavy atom. The average molecular weight is 284 g/mol. The predicted molar refractivity (Wildman–Crippen MR) is 68.3 cm³/mol. The summed E-state index contributed by atoms with van der Waals surface area (Å²) in [6.45, 7) is 0.893. The Bertz CT molecular complexity index is 568. The Morgan fingerprint density at radius 1 is 1.40 bits per heavy atom. The maximum absolute atomic E-state index is 13.0. The summed E-state index contributed by atoms with van der Waals surface area (Å²) in [4.78, 5) is 6.03. The minimum absolute atomic E-state index is 0.307. The molecule has 0 spiro atoms. The number of likely N-dealkylation sites (tertiary alicyclic amines) is 1. The van der Waals surface area contributed by atoms with E-state index in [4.69, 9.17) is 4.74 Å². The second kappa shape index (κ2) is 4.48. The topological polar surface area (TPSA) is 25.4 Å². The Kier molecular flexibility index (Phi) is 3.01. The number of rotatable bonds is 2. The van der Waals surface area contributed by atoms with Crippen LogP contribution in [0.5, 0.6) is 5.88 Å². The maximum atomic E-state index is 13.0. The van der Waals surface area contributed by atoms with Gasteiger partial charge in [-0.05, 0) is 36.6 Å². The zero-order chi connectivity index (χ0) is 14.5. The van der Waals surface area contributed by atoms with Gasteiger partial charge < -0.3 is 4.74 Å². The molecule has 108 valence electrons. The number of aromatic nitrogens is 1. The molecule has 1 aromatic heterocycles. The van der Waals surface area contributed by atoms with Crippen molar-refractivity contribution in [3.8, 4) is 5.88 Å². The van der Waals surface area contributed by atoms with Crippen LogP contribution in [0.15, 0.2) is 18.3 Å². The molecule has 0 aromatic carbocycles. The summed E-state index contributed by atoms with van der Waals surface area (Å²) in [6, 6.07) is 1.49. The Labute approximate surface area is 115 Å². The molecule has 3 nitrogen and oxygen atoms in total. The molecular formula is C14H15F3N2O. The molecule has 1 fully saturated rings. The molecule has 0 radical (unpaired) electrons. The fourth-order valence-corrected chi connectivity index (χ4v) is 3.10. The Balaban J connectivity index is 2.01. The number of pyridine rings is 1. The van der Waals surface area contributed by atoms with Gasteiger partial charge >= 0.3 is 6.18 Å². The van der Waals surface area contributed by atoms with E-state index < -0.39 is 11.7 Å². The lowest BCUT2D eigenvalue weighted by Crippen LogP contribution is -2.26. The van der Waals surface area contributed by atoms with Gasteiger partial charge in [0, 0.05) is 18.8 Å². The number of nitrogens with zero attached hydrogens (tertiary/aromatic N) is 2. The van der Waals surface area contributed by atoms with Crippen LogP contribution < -0.4 is 4.74 Å². The van der Waals surface area contributed by atoms with Crippen LogP contribution in [0.2, 0.25) is 0 Å². The van der Waals surface area contributed by atoms with Crippen molar-refractivity contribution in [2.45, 2.75) is 18.6 Å². The van der Waals surface area contributed by atoms with Crippen LogP contribution in [0.25, 0.3) is 5.57 Å². The van der Waals surface area contributed by atoms with E-state index in [0.717, 1.165) is 24.6 Å². The average Bonchev–Trinajstić information content (AvgIpc) is 2.95. The van der Waals surface area contributed by atoms with E-state index in [0.29, 0.717) is 17.5 Å². The summed E-state index contributed by atoms with van der Waals surface area (Å²) in [5.41, 5.74) is 0.724. The minimum atomic E-state index is -4.46. The third kappa shape index (κ3) is 2.08. The van der Waals surface area contributed by atoms with Crippen LogP contribution in [0, 0.1) is 5.92 Å². The molecule has 2 bridgehead atoms. The summed E-state index contributed by atoms with van der Waals surface area (Å²) in [5.74, 6) is -0.0663. The first-order valence-electron chi connectivity index (χ1n) is 6.43. The highest BCUT2D eigenvalue weighted by atomic mass is 19.4. The van der Waals surface area contributed by atoms with Crippen LogP contribution in [0.3, 0.4) is 0 Å². The van der Waals surface area contributed by atoms with Crippen molar-refractivity contribution in [3.63, 3.8) is 0 Å². The SMILES string of the molecule is COc1ncc(C2=CC3CC2CN3C)cc1C(F)(F)F. The number of likely N-dealkylation sites (N-methyl/N-ethyl adjacent to an activating group) is 1.